The standard InChI is InChI=1S/C17H25F2N3O2/c1-16(2)7-12(8-17(3,4)22-16)21-15(23)11-5-6-14(20-9-11)24-10-13(18)19/h5-6,9,12-13,22H,7-8,10H2,1-4H3,(H,21,23). The first-order chi connectivity index (χ1) is 11.1. The first-order valence-corrected chi connectivity index (χ1v) is 8.04. The lowest BCUT2D eigenvalue weighted by molar-refractivity contribution is 0.0793. The van der Waals surface area contributed by atoms with Crippen molar-refractivity contribution in [2.75, 3.05) is 6.61 Å². The van der Waals surface area contributed by atoms with Crippen LogP contribution in [0.1, 0.15) is 50.9 Å². The number of halogens is 2. The topological polar surface area (TPSA) is 63.2 Å². The van der Waals surface area contributed by atoms with Gasteiger partial charge >= 0.3 is 0 Å². The Bertz CT molecular complexity index is 558. The Morgan fingerprint density at radius 1 is 1.33 bits per heavy atom. The second-order valence-corrected chi connectivity index (χ2v) is 7.56. The van der Waals surface area contributed by atoms with Gasteiger partial charge in [0, 0.05) is 29.4 Å². The van der Waals surface area contributed by atoms with Crippen LogP contribution in [-0.4, -0.2) is 41.0 Å². The predicted molar refractivity (Wildman–Crippen MR) is 87.5 cm³/mol. The average molecular weight is 341 g/mol. The normalized spacial score (nSPS) is 20.0. The third kappa shape index (κ3) is 5.40. The van der Waals surface area contributed by atoms with E-state index < -0.39 is 13.0 Å². The Kier molecular flexibility index (Phi) is 5.42. The summed E-state index contributed by atoms with van der Waals surface area (Å²) in [6, 6.07) is 3.01. The summed E-state index contributed by atoms with van der Waals surface area (Å²) >= 11 is 0. The van der Waals surface area contributed by atoms with E-state index in [9.17, 15) is 13.6 Å². The molecule has 1 saturated heterocycles. The van der Waals surface area contributed by atoms with Gasteiger partial charge in [0.2, 0.25) is 5.88 Å². The number of hydrogen-bond donors (Lipinski definition) is 2. The molecule has 2 N–H and O–H groups in total. The number of carbonyl (C=O) groups excluding carboxylic acids is 1. The van der Waals surface area contributed by atoms with Crippen LogP contribution in [0.25, 0.3) is 0 Å². The Hall–Kier alpha value is -1.76. The molecule has 0 unspecified atom stereocenters. The highest BCUT2D eigenvalue weighted by atomic mass is 19.3. The molecule has 0 aromatic carbocycles. The second-order valence-electron chi connectivity index (χ2n) is 7.56. The van der Waals surface area contributed by atoms with Gasteiger partial charge in [-0.1, -0.05) is 0 Å². The molecule has 7 heteroatoms. The van der Waals surface area contributed by atoms with Crippen LogP contribution < -0.4 is 15.4 Å². The summed E-state index contributed by atoms with van der Waals surface area (Å²) in [6.07, 6.45) is 0.436. The lowest BCUT2D eigenvalue weighted by Crippen LogP contribution is -2.62. The van der Waals surface area contributed by atoms with Gasteiger partial charge in [0.15, 0.2) is 6.61 Å². The molecule has 1 aromatic heterocycles. The molecule has 0 aliphatic carbocycles. The zero-order valence-corrected chi connectivity index (χ0v) is 14.5. The van der Waals surface area contributed by atoms with E-state index in [1.807, 2.05) is 0 Å². The fourth-order valence-corrected chi connectivity index (χ4v) is 3.44. The van der Waals surface area contributed by atoms with Gasteiger partial charge in [0.1, 0.15) is 0 Å². The summed E-state index contributed by atoms with van der Waals surface area (Å²) in [5, 5.41) is 6.60. The number of nitrogens with zero attached hydrogens (tertiary/aromatic N) is 1. The number of aromatic nitrogens is 1. The quantitative estimate of drug-likeness (QED) is 0.864. The smallest absolute Gasteiger partial charge is 0.272 e. The molecule has 1 amide bonds. The van der Waals surface area contributed by atoms with E-state index in [0.717, 1.165) is 12.8 Å². The number of ether oxygens (including phenoxy) is 1. The van der Waals surface area contributed by atoms with Crippen molar-refractivity contribution in [3.8, 4) is 5.88 Å². The molecule has 1 fully saturated rings. The van der Waals surface area contributed by atoms with Gasteiger partial charge in [-0.2, -0.15) is 0 Å². The van der Waals surface area contributed by atoms with Crippen LogP contribution in [0.3, 0.4) is 0 Å². The largest absolute Gasteiger partial charge is 0.472 e. The summed E-state index contributed by atoms with van der Waals surface area (Å²) in [5.41, 5.74) is 0.254. The number of pyridine rings is 1. The van der Waals surface area contributed by atoms with Crippen molar-refractivity contribution in [1.29, 1.82) is 0 Å². The van der Waals surface area contributed by atoms with Crippen LogP contribution in [-0.2, 0) is 0 Å². The molecule has 24 heavy (non-hydrogen) atoms. The third-order valence-corrected chi connectivity index (χ3v) is 3.88. The molecular formula is C17H25F2N3O2. The van der Waals surface area contributed by atoms with Crippen molar-refractivity contribution < 1.29 is 18.3 Å². The summed E-state index contributed by atoms with van der Waals surface area (Å²) in [4.78, 5) is 16.3. The number of amides is 1. The van der Waals surface area contributed by atoms with E-state index in [0.29, 0.717) is 5.56 Å². The number of nitrogens with one attached hydrogen (secondary N) is 2. The molecule has 0 spiro atoms. The lowest BCUT2D eigenvalue weighted by atomic mass is 9.79. The number of alkyl halides is 2. The van der Waals surface area contributed by atoms with E-state index >= 15 is 0 Å². The second kappa shape index (κ2) is 7.01. The molecule has 134 valence electrons. The zero-order chi connectivity index (χ0) is 18.0. The van der Waals surface area contributed by atoms with Gasteiger partial charge in [-0.05, 0) is 46.6 Å². The maximum absolute atomic E-state index is 12.4. The van der Waals surface area contributed by atoms with Gasteiger partial charge in [0.05, 0.1) is 5.56 Å². The minimum absolute atomic E-state index is 0.0542. The Morgan fingerprint density at radius 3 is 2.46 bits per heavy atom. The van der Waals surface area contributed by atoms with Crippen molar-refractivity contribution >= 4 is 5.91 Å². The van der Waals surface area contributed by atoms with Crippen LogP contribution >= 0.6 is 0 Å². The van der Waals surface area contributed by atoms with Gasteiger partial charge < -0.3 is 15.4 Å². The molecular weight excluding hydrogens is 316 g/mol. The molecule has 1 aliphatic rings. The van der Waals surface area contributed by atoms with Gasteiger partial charge in [0.25, 0.3) is 12.3 Å². The van der Waals surface area contributed by atoms with E-state index in [1.54, 1.807) is 0 Å². The predicted octanol–water partition coefficient (Wildman–Crippen LogP) is 2.76. The fraction of sp³-hybridized carbons (Fsp3) is 0.647. The molecule has 1 aromatic rings. The summed E-state index contributed by atoms with van der Waals surface area (Å²) in [7, 11) is 0. The summed E-state index contributed by atoms with van der Waals surface area (Å²) in [5.74, 6) is -0.141. The van der Waals surface area contributed by atoms with Crippen LogP contribution in [0, 0.1) is 0 Å². The highest BCUT2D eigenvalue weighted by Crippen LogP contribution is 2.28. The maximum atomic E-state index is 12.4. The molecule has 2 rings (SSSR count). The average Bonchev–Trinajstić information content (AvgIpc) is 2.42. The molecule has 0 bridgehead atoms. The molecule has 0 radical (unpaired) electrons. The van der Waals surface area contributed by atoms with E-state index in [2.05, 4.69) is 43.3 Å². The lowest BCUT2D eigenvalue weighted by Gasteiger charge is -2.46. The van der Waals surface area contributed by atoms with E-state index in [1.165, 1.54) is 18.3 Å². The summed E-state index contributed by atoms with van der Waals surface area (Å²) < 4.78 is 29.0. The first kappa shape index (κ1) is 18.6. The summed E-state index contributed by atoms with van der Waals surface area (Å²) in [6.45, 7) is 7.75. The van der Waals surface area contributed by atoms with E-state index in [-0.39, 0.29) is 28.9 Å². The van der Waals surface area contributed by atoms with Gasteiger partial charge in [-0.15, -0.1) is 0 Å². The SMILES string of the molecule is CC1(C)CC(NC(=O)c2ccc(OCC(F)F)nc2)CC(C)(C)N1. The van der Waals surface area contributed by atoms with Crippen LogP contribution in [0.5, 0.6) is 5.88 Å². The van der Waals surface area contributed by atoms with Crippen LogP contribution in [0.4, 0.5) is 8.78 Å². The Balaban J connectivity index is 1.96. The third-order valence-electron chi connectivity index (χ3n) is 3.88. The van der Waals surface area contributed by atoms with Crippen molar-refractivity contribution in [3.05, 3.63) is 23.9 Å². The number of hydrogen-bond acceptors (Lipinski definition) is 4. The minimum Gasteiger partial charge on any atom is -0.472 e. The zero-order valence-electron chi connectivity index (χ0n) is 14.5. The minimum atomic E-state index is -2.55. The maximum Gasteiger partial charge on any atom is 0.272 e. The van der Waals surface area contributed by atoms with Crippen molar-refractivity contribution in [2.45, 2.75) is 64.1 Å². The van der Waals surface area contributed by atoms with Crippen molar-refractivity contribution in [2.24, 2.45) is 0 Å². The van der Waals surface area contributed by atoms with Gasteiger partial charge in [-0.25, -0.2) is 13.8 Å². The molecule has 2 heterocycles. The molecule has 1 aliphatic heterocycles. The molecule has 0 saturated carbocycles. The highest BCUT2D eigenvalue weighted by Gasteiger charge is 2.38. The number of carbonyl (C=O) groups is 1. The first-order valence-electron chi connectivity index (χ1n) is 8.04. The van der Waals surface area contributed by atoms with Crippen LogP contribution in [0.2, 0.25) is 0 Å². The molecule has 5 nitrogen and oxygen atoms in total. The Morgan fingerprint density at radius 2 is 1.96 bits per heavy atom. The highest BCUT2D eigenvalue weighted by molar-refractivity contribution is 5.94. The number of rotatable bonds is 5. The monoisotopic (exact) mass is 341 g/mol. The van der Waals surface area contributed by atoms with Crippen LogP contribution in [0.15, 0.2) is 18.3 Å². The molecule has 0 atom stereocenters. The Labute approximate surface area is 141 Å². The van der Waals surface area contributed by atoms with Gasteiger partial charge in [-0.3, -0.25) is 4.79 Å². The fourth-order valence-electron chi connectivity index (χ4n) is 3.44. The number of piperidine rings is 1. The van der Waals surface area contributed by atoms with Crippen molar-refractivity contribution in [3.63, 3.8) is 0 Å². The van der Waals surface area contributed by atoms with Crippen molar-refractivity contribution in [1.82, 2.24) is 15.6 Å². The van der Waals surface area contributed by atoms with E-state index in [4.69, 9.17) is 4.74 Å².